The molecule has 1 fully saturated rings. The van der Waals surface area contributed by atoms with E-state index >= 15 is 0 Å². The maximum absolute atomic E-state index is 14.7. The number of hydrogen-bond donors (Lipinski definition) is 1. The maximum Gasteiger partial charge on any atom is 0.263 e. The van der Waals surface area contributed by atoms with Crippen molar-refractivity contribution in [2.24, 2.45) is 0 Å². The van der Waals surface area contributed by atoms with Crippen LogP contribution < -0.4 is 15.2 Å². The lowest BCUT2D eigenvalue weighted by molar-refractivity contribution is 0.201. The Labute approximate surface area is 216 Å². The lowest BCUT2D eigenvalue weighted by Gasteiger charge is -2.36. The van der Waals surface area contributed by atoms with Gasteiger partial charge < -0.3 is 19.6 Å². The molecule has 2 aromatic carbocycles. The highest BCUT2D eigenvalue weighted by Gasteiger charge is 2.26. The van der Waals surface area contributed by atoms with E-state index in [2.05, 4.69) is 23.9 Å². The Morgan fingerprint density at radius 2 is 1.84 bits per heavy atom. The minimum Gasteiger partial charge on any atom is -0.491 e. The SMILES string of the molecule is CCn1c(N2CCC(N(C)C)CC2)nc(-c2ccc(C#N)c(F)c2)c(-c2ccc(OCCO)cc2)c1=O. The van der Waals surface area contributed by atoms with E-state index in [1.54, 1.807) is 34.9 Å². The summed E-state index contributed by atoms with van der Waals surface area (Å²) >= 11 is 0. The van der Waals surface area contributed by atoms with E-state index in [0.717, 1.165) is 25.9 Å². The Morgan fingerprint density at radius 1 is 1.16 bits per heavy atom. The number of rotatable bonds is 8. The molecule has 1 saturated heterocycles. The van der Waals surface area contributed by atoms with E-state index in [1.165, 1.54) is 12.1 Å². The zero-order chi connectivity index (χ0) is 26.5. The molecule has 8 nitrogen and oxygen atoms in total. The second kappa shape index (κ2) is 11.5. The van der Waals surface area contributed by atoms with Crippen LogP contribution in [0.2, 0.25) is 0 Å². The predicted molar refractivity (Wildman–Crippen MR) is 141 cm³/mol. The molecule has 0 spiro atoms. The maximum atomic E-state index is 14.7. The number of aliphatic hydroxyl groups is 1. The Hall–Kier alpha value is -3.74. The lowest BCUT2D eigenvalue weighted by atomic mass is 9.99. The average Bonchev–Trinajstić information content (AvgIpc) is 2.91. The summed E-state index contributed by atoms with van der Waals surface area (Å²) in [5.41, 5.74) is 1.48. The molecule has 37 heavy (non-hydrogen) atoms. The molecule has 0 radical (unpaired) electrons. The molecule has 2 heterocycles. The molecular formula is C28H32FN5O3. The van der Waals surface area contributed by atoms with Gasteiger partial charge in [0.05, 0.1) is 23.4 Å². The summed E-state index contributed by atoms with van der Waals surface area (Å²) in [5, 5.41) is 18.2. The summed E-state index contributed by atoms with van der Waals surface area (Å²) in [7, 11) is 4.15. The monoisotopic (exact) mass is 505 g/mol. The highest BCUT2D eigenvalue weighted by molar-refractivity contribution is 5.81. The van der Waals surface area contributed by atoms with Gasteiger partial charge in [0.15, 0.2) is 0 Å². The first-order valence-electron chi connectivity index (χ1n) is 12.5. The van der Waals surface area contributed by atoms with Gasteiger partial charge in [-0.25, -0.2) is 9.37 Å². The van der Waals surface area contributed by atoms with E-state index in [-0.39, 0.29) is 24.3 Å². The Balaban J connectivity index is 1.87. The van der Waals surface area contributed by atoms with E-state index in [0.29, 0.717) is 46.7 Å². The van der Waals surface area contributed by atoms with Crippen molar-refractivity contribution in [1.29, 1.82) is 5.26 Å². The molecule has 4 rings (SSSR count). The second-order valence-electron chi connectivity index (χ2n) is 9.27. The van der Waals surface area contributed by atoms with Gasteiger partial charge in [0, 0.05) is 31.2 Å². The van der Waals surface area contributed by atoms with Crippen molar-refractivity contribution in [3.63, 3.8) is 0 Å². The fourth-order valence-electron chi connectivity index (χ4n) is 4.76. The van der Waals surface area contributed by atoms with Crippen LogP contribution in [0.4, 0.5) is 10.3 Å². The number of piperidine rings is 1. The average molecular weight is 506 g/mol. The lowest BCUT2D eigenvalue weighted by Crippen LogP contribution is -2.44. The summed E-state index contributed by atoms with van der Waals surface area (Å²) in [4.78, 5) is 23.3. The van der Waals surface area contributed by atoms with E-state index in [9.17, 15) is 14.4 Å². The zero-order valence-corrected chi connectivity index (χ0v) is 21.4. The summed E-state index contributed by atoms with van der Waals surface area (Å²) in [6.07, 6.45) is 1.90. The number of aliphatic hydroxyl groups excluding tert-OH is 1. The Bertz CT molecular complexity index is 1340. The standard InChI is InChI=1S/C28H32FN5O3/c1-4-34-27(36)25(19-7-9-23(10-8-19)37-16-15-35)26(20-5-6-21(18-30)24(29)17-20)31-28(34)33-13-11-22(12-14-33)32(2)3/h5-10,17,22,35H,4,11-16H2,1-3H3. The summed E-state index contributed by atoms with van der Waals surface area (Å²) in [6, 6.07) is 13.6. The molecular weight excluding hydrogens is 473 g/mol. The van der Waals surface area contributed by atoms with Gasteiger partial charge in [-0.05, 0) is 63.7 Å². The molecule has 194 valence electrons. The zero-order valence-electron chi connectivity index (χ0n) is 21.4. The minimum absolute atomic E-state index is 0.0661. The third-order valence-corrected chi connectivity index (χ3v) is 6.81. The third kappa shape index (κ3) is 5.50. The first-order valence-corrected chi connectivity index (χ1v) is 12.5. The molecule has 0 unspecified atom stereocenters. The normalized spacial score (nSPS) is 14.1. The molecule has 0 amide bonds. The van der Waals surface area contributed by atoms with Crippen molar-refractivity contribution in [2.45, 2.75) is 32.4 Å². The second-order valence-corrected chi connectivity index (χ2v) is 9.27. The van der Waals surface area contributed by atoms with E-state index < -0.39 is 5.82 Å². The highest BCUT2D eigenvalue weighted by atomic mass is 19.1. The number of ether oxygens (including phenoxy) is 1. The number of aromatic nitrogens is 2. The topological polar surface area (TPSA) is 94.6 Å². The highest BCUT2D eigenvalue weighted by Crippen LogP contribution is 2.32. The van der Waals surface area contributed by atoms with Gasteiger partial charge in [-0.2, -0.15) is 5.26 Å². The number of hydrogen-bond acceptors (Lipinski definition) is 7. The fourth-order valence-corrected chi connectivity index (χ4v) is 4.76. The molecule has 0 bridgehead atoms. The molecule has 3 aromatic rings. The van der Waals surface area contributed by atoms with Crippen LogP contribution >= 0.6 is 0 Å². The summed E-state index contributed by atoms with van der Waals surface area (Å²) < 4.78 is 21.8. The fraction of sp³-hybridized carbons (Fsp3) is 0.393. The largest absolute Gasteiger partial charge is 0.491 e. The first-order chi connectivity index (χ1) is 17.9. The summed E-state index contributed by atoms with van der Waals surface area (Å²) in [5.74, 6) is 0.470. The molecule has 1 aliphatic heterocycles. The van der Waals surface area contributed by atoms with Crippen LogP contribution in [0.15, 0.2) is 47.3 Å². The van der Waals surface area contributed by atoms with Gasteiger partial charge in [0.25, 0.3) is 5.56 Å². The number of nitrogens with zero attached hydrogens (tertiary/aromatic N) is 5. The molecule has 0 atom stereocenters. The Morgan fingerprint density at radius 3 is 2.41 bits per heavy atom. The van der Waals surface area contributed by atoms with Crippen molar-refractivity contribution in [3.8, 4) is 34.2 Å². The molecule has 0 saturated carbocycles. The Kier molecular flexibility index (Phi) is 8.21. The van der Waals surface area contributed by atoms with Crippen LogP contribution in [0.25, 0.3) is 22.4 Å². The summed E-state index contributed by atoms with van der Waals surface area (Å²) in [6.45, 7) is 3.92. The van der Waals surface area contributed by atoms with Gasteiger partial charge in [0.1, 0.15) is 24.2 Å². The van der Waals surface area contributed by atoms with Crippen molar-refractivity contribution in [2.75, 3.05) is 45.3 Å². The van der Waals surface area contributed by atoms with Crippen LogP contribution in [0.3, 0.4) is 0 Å². The molecule has 1 aromatic heterocycles. The van der Waals surface area contributed by atoms with Gasteiger partial charge in [-0.1, -0.05) is 18.2 Å². The van der Waals surface area contributed by atoms with Gasteiger partial charge in [0.2, 0.25) is 5.95 Å². The van der Waals surface area contributed by atoms with Crippen molar-refractivity contribution >= 4 is 5.95 Å². The van der Waals surface area contributed by atoms with Crippen molar-refractivity contribution in [1.82, 2.24) is 14.5 Å². The molecule has 1 aliphatic rings. The van der Waals surface area contributed by atoms with Crippen molar-refractivity contribution in [3.05, 3.63) is 64.2 Å². The van der Waals surface area contributed by atoms with Gasteiger partial charge in [-0.15, -0.1) is 0 Å². The minimum atomic E-state index is -0.659. The number of halogens is 1. The predicted octanol–water partition coefficient (Wildman–Crippen LogP) is 3.51. The smallest absolute Gasteiger partial charge is 0.263 e. The van der Waals surface area contributed by atoms with Crippen LogP contribution in [-0.4, -0.2) is 66.0 Å². The number of anilines is 1. The third-order valence-electron chi connectivity index (χ3n) is 6.81. The van der Waals surface area contributed by atoms with Crippen LogP contribution in [0.1, 0.15) is 25.3 Å². The molecule has 9 heteroatoms. The molecule has 0 aliphatic carbocycles. The van der Waals surface area contributed by atoms with E-state index in [1.807, 2.05) is 13.0 Å². The first kappa shape index (κ1) is 26.3. The van der Waals surface area contributed by atoms with Crippen molar-refractivity contribution < 1.29 is 14.2 Å². The van der Waals surface area contributed by atoms with Crippen LogP contribution in [-0.2, 0) is 6.54 Å². The van der Waals surface area contributed by atoms with Gasteiger partial charge in [-0.3, -0.25) is 9.36 Å². The van der Waals surface area contributed by atoms with Gasteiger partial charge >= 0.3 is 0 Å². The van der Waals surface area contributed by atoms with Crippen LogP contribution in [0, 0.1) is 17.1 Å². The quantitative estimate of drug-likeness (QED) is 0.501. The van der Waals surface area contributed by atoms with E-state index in [4.69, 9.17) is 14.8 Å². The molecule has 1 N–H and O–H groups in total. The number of benzene rings is 2. The van der Waals surface area contributed by atoms with Crippen LogP contribution in [0.5, 0.6) is 5.75 Å². The number of nitriles is 1.